The first kappa shape index (κ1) is 17.1. The Kier molecular flexibility index (Phi) is 4.51. The van der Waals surface area contributed by atoms with Crippen LogP contribution >= 0.6 is 11.3 Å². The number of nitrogens with zero attached hydrogens (tertiary/aromatic N) is 2. The second-order valence-electron chi connectivity index (χ2n) is 5.26. The van der Waals surface area contributed by atoms with Crippen LogP contribution in [0.25, 0.3) is 11.3 Å². The Bertz CT molecular complexity index is 1030. The molecular formula is C16H13N3O4S2. The van der Waals surface area contributed by atoms with Crippen LogP contribution in [-0.4, -0.2) is 18.3 Å². The Hall–Kier alpha value is -2.78. The molecule has 0 aliphatic heterocycles. The molecule has 3 rings (SSSR count). The molecule has 7 nitrogen and oxygen atoms in total. The lowest BCUT2D eigenvalue weighted by Gasteiger charge is -2.04. The van der Waals surface area contributed by atoms with Gasteiger partial charge in [0.1, 0.15) is 0 Å². The summed E-state index contributed by atoms with van der Waals surface area (Å²) in [5.74, 6) is 0. The van der Waals surface area contributed by atoms with Gasteiger partial charge in [-0.3, -0.25) is 14.8 Å². The second-order valence-corrected chi connectivity index (χ2v) is 7.80. The number of non-ortho nitro benzene ring substituents is 1. The Labute approximate surface area is 148 Å². The van der Waals surface area contributed by atoms with Crippen LogP contribution in [0.5, 0.6) is 0 Å². The molecule has 2 aromatic carbocycles. The Balaban J connectivity index is 1.85. The normalized spacial score (nSPS) is 11.2. The van der Waals surface area contributed by atoms with Gasteiger partial charge in [-0.25, -0.2) is 13.4 Å². The standard InChI is InChI=1S/C16H13N3O4S2/c1-11-5-7-12(8-6-11)15-10-24-16(17-15)18-25(22,23)14-4-2-3-13(9-14)19(20)21/h2-10H,1H3,(H,17,18). The lowest BCUT2D eigenvalue weighted by molar-refractivity contribution is -0.385. The molecule has 0 fully saturated rings. The highest BCUT2D eigenvalue weighted by atomic mass is 32.2. The van der Waals surface area contributed by atoms with Crippen molar-refractivity contribution in [1.82, 2.24) is 4.98 Å². The van der Waals surface area contributed by atoms with Crippen LogP contribution in [0.4, 0.5) is 10.8 Å². The van der Waals surface area contributed by atoms with Gasteiger partial charge in [-0.05, 0) is 13.0 Å². The molecule has 0 spiro atoms. The maximum Gasteiger partial charge on any atom is 0.270 e. The van der Waals surface area contributed by atoms with Gasteiger partial charge >= 0.3 is 0 Å². The topological polar surface area (TPSA) is 102 Å². The zero-order valence-corrected chi connectivity index (χ0v) is 14.7. The summed E-state index contributed by atoms with van der Waals surface area (Å²) >= 11 is 1.15. The summed E-state index contributed by atoms with van der Waals surface area (Å²) in [7, 11) is -3.95. The molecule has 0 atom stereocenters. The number of aromatic nitrogens is 1. The summed E-state index contributed by atoms with van der Waals surface area (Å²) in [6.45, 7) is 1.98. The van der Waals surface area contributed by atoms with Gasteiger partial charge in [0.05, 0.1) is 15.5 Å². The van der Waals surface area contributed by atoms with Gasteiger partial charge in [0.2, 0.25) is 0 Å². The molecule has 0 amide bonds. The van der Waals surface area contributed by atoms with E-state index >= 15 is 0 Å². The zero-order valence-electron chi connectivity index (χ0n) is 13.0. The molecule has 1 heterocycles. The number of sulfonamides is 1. The van der Waals surface area contributed by atoms with Crippen LogP contribution in [0.3, 0.4) is 0 Å². The smallest absolute Gasteiger partial charge is 0.258 e. The molecule has 0 radical (unpaired) electrons. The highest BCUT2D eigenvalue weighted by Gasteiger charge is 2.19. The van der Waals surface area contributed by atoms with E-state index in [-0.39, 0.29) is 15.7 Å². The van der Waals surface area contributed by atoms with Crippen molar-refractivity contribution in [2.75, 3.05) is 4.72 Å². The van der Waals surface area contributed by atoms with Gasteiger partial charge in [-0.2, -0.15) is 0 Å². The van der Waals surface area contributed by atoms with E-state index in [4.69, 9.17) is 0 Å². The molecule has 0 saturated heterocycles. The number of nitrogens with one attached hydrogen (secondary N) is 1. The number of hydrogen-bond acceptors (Lipinski definition) is 6. The van der Waals surface area contributed by atoms with E-state index in [2.05, 4.69) is 9.71 Å². The Morgan fingerprint density at radius 3 is 2.56 bits per heavy atom. The minimum absolute atomic E-state index is 0.186. The summed E-state index contributed by atoms with van der Waals surface area (Å²) < 4.78 is 27.2. The van der Waals surface area contributed by atoms with Crippen LogP contribution in [0.1, 0.15) is 5.56 Å². The zero-order chi connectivity index (χ0) is 18.0. The van der Waals surface area contributed by atoms with Crippen LogP contribution < -0.4 is 4.72 Å². The molecule has 1 N–H and O–H groups in total. The molecule has 3 aromatic rings. The highest BCUT2D eigenvalue weighted by molar-refractivity contribution is 7.93. The summed E-state index contributed by atoms with van der Waals surface area (Å²) in [5.41, 5.74) is 2.36. The maximum absolute atomic E-state index is 12.4. The van der Waals surface area contributed by atoms with Gasteiger partial charge in [-0.1, -0.05) is 35.9 Å². The van der Waals surface area contributed by atoms with Gasteiger partial charge in [0.25, 0.3) is 15.7 Å². The molecule has 0 aliphatic rings. The van der Waals surface area contributed by atoms with E-state index in [0.29, 0.717) is 5.69 Å². The molecule has 0 unspecified atom stereocenters. The van der Waals surface area contributed by atoms with E-state index < -0.39 is 14.9 Å². The third-order valence-corrected chi connectivity index (χ3v) is 5.64. The first-order valence-electron chi connectivity index (χ1n) is 7.15. The van der Waals surface area contributed by atoms with Crippen molar-refractivity contribution in [3.8, 4) is 11.3 Å². The largest absolute Gasteiger partial charge is 0.270 e. The molecule has 0 bridgehead atoms. The van der Waals surface area contributed by atoms with Crippen LogP contribution in [0.15, 0.2) is 58.8 Å². The fraction of sp³-hybridized carbons (Fsp3) is 0.0625. The first-order valence-corrected chi connectivity index (χ1v) is 9.51. The summed E-state index contributed by atoms with van der Waals surface area (Å²) in [6.07, 6.45) is 0. The second kappa shape index (κ2) is 6.61. The number of hydrogen-bond donors (Lipinski definition) is 1. The van der Waals surface area contributed by atoms with E-state index in [1.54, 1.807) is 5.38 Å². The van der Waals surface area contributed by atoms with Gasteiger partial charge in [0.15, 0.2) is 5.13 Å². The van der Waals surface area contributed by atoms with Crippen molar-refractivity contribution in [3.05, 3.63) is 69.6 Å². The van der Waals surface area contributed by atoms with Gasteiger partial charge in [-0.15, -0.1) is 11.3 Å². The van der Waals surface area contributed by atoms with Crippen molar-refractivity contribution in [2.24, 2.45) is 0 Å². The number of thiazole rings is 1. The van der Waals surface area contributed by atoms with Crippen molar-refractivity contribution >= 4 is 32.2 Å². The molecule has 128 valence electrons. The van der Waals surface area contributed by atoms with E-state index in [9.17, 15) is 18.5 Å². The maximum atomic E-state index is 12.4. The Morgan fingerprint density at radius 2 is 1.88 bits per heavy atom. The minimum atomic E-state index is -3.95. The average molecular weight is 375 g/mol. The van der Waals surface area contributed by atoms with Gasteiger partial charge < -0.3 is 0 Å². The van der Waals surface area contributed by atoms with Crippen molar-refractivity contribution in [2.45, 2.75) is 11.8 Å². The molecule has 25 heavy (non-hydrogen) atoms. The van der Waals surface area contributed by atoms with Crippen molar-refractivity contribution < 1.29 is 13.3 Å². The lowest BCUT2D eigenvalue weighted by atomic mass is 10.1. The predicted octanol–water partition coefficient (Wildman–Crippen LogP) is 3.83. The molecule has 9 heteroatoms. The number of rotatable bonds is 5. The first-order chi connectivity index (χ1) is 11.8. The quantitative estimate of drug-likeness (QED) is 0.539. The monoisotopic (exact) mass is 375 g/mol. The van der Waals surface area contributed by atoms with Crippen LogP contribution in [-0.2, 0) is 10.0 Å². The van der Waals surface area contributed by atoms with E-state index in [1.165, 1.54) is 18.2 Å². The molecular weight excluding hydrogens is 362 g/mol. The lowest BCUT2D eigenvalue weighted by Crippen LogP contribution is -2.13. The number of aryl methyl sites for hydroxylation is 1. The predicted molar refractivity (Wildman–Crippen MR) is 96.2 cm³/mol. The minimum Gasteiger partial charge on any atom is -0.258 e. The van der Waals surface area contributed by atoms with Crippen LogP contribution in [0.2, 0.25) is 0 Å². The number of anilines is 1. The van der Waals surface area contributed by atoms with Gasteiger partial charge in [0, 0.05) is 23.1 Å². The SMILES string of the molecule is Cc1ccc(-c2csc(NS(=O)(=O)c3cccc([N+](=O)[O-])c3)n2)cc1. The summed E-state index contributed by atoms with van der Waals surface area (Å²) in [4.78, 5) is 14.2. The fourth-order valence-electron chi connectivity index (χ4n) is 2.12. The van der Waals surface area contributed by atoms with E-state index in [0.717, 1.165) is 28.5 Å². The fourth-order valence-corrected chi connectivity index (χ4v) is 4.13. The van der Waals surface area contributed by atoms with Crippen LogP contribution in [0, 0.1) is 17.0 Å². The van der Waals surface area contributed by atoms with E-state index in [1.807, 2.05) is 31.2 Å². The highest BCUT2D eigenvalue weighted by Crippen LogP contribution is 2.27. The Morgan fingerprint density at radius 1 is 1.16 bits per heavy atom. The number of nitro groups is 1. The number of benzene rings is 2. The molecule has 0 saturated carbocycles. The average Bonchev–Trinajstić information content (AvgIpc) is 3.03. The number of nitro benzene ring substituents is 1. The third kappa shape index (κ3) is 3.83. The third-order valence-electron chi connectivity index (χ3n) is 3.41. The molecule has 1 aromatic heterocycles. The molecule has 0 aliphatic carbocycles. The van der Waals surface area contributed by atoms with Crippen molar-refractivity contribution in [1.29, 1.82) is 0 Å². The summed E-state index contributed by atoms with van der Waals surface area (Å²) in [5, 5.41) is 12.7. The van der Waals surface area contributed by atoms with Crippen molar-refractivity contribution in [3.63, 3.8) is 0 Å². The summed E-state index contributed by atoms with van der Waals surface area (Å²) in [6, 6.07) is 12.6.